The van der Waals surface area contributed by atoms with E-state index in [1.54, 1.807) is 23.6 Å². The highest BCUT2D eigenvalue weighted by atomic mass is 32.2. The lowest BCUT2D eigenvalue weighted by Crippen LogP contribution is -2.31. The van der Waals surface area contributed by atoms with Gasteiger partial charge in [-0.3, -0.25) is 4.90 Å². The summed E-state index contributed by atoms with van der Waals surface area (Å²) < 4.78 is 5.00. The predicted octanol–water partition coefficient (Wildman–Crippen LogP) is 2.12. The van der Waals surface area contributed by atoms with Gasteiger partial charge in [0.25, 0.3) is 0 Å². The van der Waals surface area contributed by atoms with Gasteiger partial charge in [0.05, 0.1) is 17.2 Å². The summed E-state index contributed by atoms with van der Waals surface area (Å²) in [7, 11) is 0. The highest BCUT2D eigenvalue weighted by molar-refractivity contribution is 8.17. The minimum Gasteiger partial charge on any atom is -0.449 e. The smallest absolute Gasteiger partial charge is 0.414 e. The van der Waals surface area contributed by atoms with Crippen LogP contribution in [0.2, 0.25) is 0 Å². The number of rotatable bonds is 1. The van der Waals surface area contributed by atoms with Crippen molar-refractivity contribution in [3.8, 4) is 0 Å². The second-order valence-corrected chi connectivity index (χ2v) is 4.95. The SMILES string of the molecule is CCOC(=O)N1C=C2SC3=NC=CCN3C2=CC1. The number of aliphatic imine (C=N–C) groups is 1. The quantitative estimate of drug-likeness (QED) is 0.727. The first-order chi connectivity index (χ1) is 8.79. The van der Waals surface area contributed by atoms with Crippen LogP contribution in [0.15, 0.2) is 40.1 Å². The van der Waals surface area contributed by atoms with Crippen LogP contribution in [0.3, 0.4) is 0 Å². The highest BCUT2D eigenvalue weighted by Crippen LogP contribution is 2.41. The van der Waals surface area contributed by atoms with E-state index >= 15 is 0 Å². The number of carbonyl (C=O) groups is 1. The number of fused-ring (bicyclic) bond motifs is 3. The molecule has 0 spiro atoms. The topological polar surface area (TPSA) is 45.1 Å². The van der Waals surface area contributed by atoms with Crippen molar-refractivity contribution in [3.63, 3.8) is 0 Å². The maximum absolute atomic E-state index is 11.7. The van der Waals surface area contributed by atoms with Crippen molar-refractivity contribution in [3.05, 3.63) is 35.2 Å². The number of hydrogen-bond acceptors (Lipinski definition) is 5. The first-order valence-electron chi connectivity index (χ1n) is 5.83. The van der Waals surface area contributed by atoms with Crippen molar-refractivity contribution < 1.29 is 9.53 Å². The van der Waals surface area contributed by atoms with E-state index in [9.17, 15) is 4.79 Å². The average Bonchev–Trinajstić information content (AvgIpc) is 2.76. The van der Waals surface area contributed by atoms with Gasteiger partial charge in [-0.1, -0.05) is 0 Å². The van der Waals surface area contributed by atoms with Gasteiger partial charge in [-0.2, -0.15) is 0 Å². The van der Waals surface area contributed by atoms with E-state index in [-0.39, 0.29) is 6.09 Å². The molecule has 0 aromatic rings. The van der Waals surface area contributed by atoms with Gasteiger partial charge in [-0.05, 0) is 30.8 Å². The maximum Gasteiger partial charge on any atom is 0.414 e. The number of hydrogen-bond donors (Lipinski definition) is 0. The Morgan fingerprint density at radius 1 is 1.56 bits per heavy atom. The van der Waals surface area contributed by atoms with Crippen molar-refractivity contribution in [1.29, 1.82) is 0 Å². The van der Waals surface area contributed by atoms with E-state index in [1.807, 2.05) is 24.6 Å². The molecule has 6 heteroatoms. The number of ether oxygens (including phenoxy) is 1. The third-order valence-electron chi connectivity index (χ3n) is 2.81. The van der Waals surface area contributed by atoms with Crippen LogP contribution >= 0.6 is 11.8 Å². The number of thioether (sulfide) groups is 1. The van der Waals surface area contributed by atoms with Crippen molar-refractivity contribution in [2.45, 2.75) is 6.92 Å². The number of nitrogens with zero attached hydrogens (tertiary/aromatic N) is 3. The second-order valence-electron chi connectivity index (χ2n) is 3.94. The molecule has 0 aromatic heterocycles. The summed E-state index contributed by atoms with van der Waals surface area (Å²) in [6, 6.07) is 0. The molecular formula is C12H13N3O2S. The fourth-order valence-corrected chi connectivity index (χ4v) is 3.07. The third kappa shape index (κ3) is 1.82. The minimum atomic E-state index is -0.300. The summed E-state index contributed by atoms with van der Waals surface area (Å²) in [4.78, 5) is 20.8. The van der Waals surface area contributed by atoms with Gasteiger partial charge in [0.2, 0.25) is 0 Å². The van der Waals surface area contributed by atoms with Crippen molar-refractivity contribution in [2.75, 3.05) is 19.7 Å². The third-order valence-corrected chi connectivity index (χ3v) is 3.85. The van der Waals surface area contributed by atoms with E-state index in [2.05, 4.69) is 9.89 Å². The molecule has 3 aliphatic heterocycles. The fraction of sp³-hybridized carbons (Fsp3) is 0.333. The highest BCUT2D eigenvalue weighted by Gasteiger charge is 2.33. The molecule has 0 unspecified atom stereocenters. The Morgan fingerprint density at radius 2 is 2.44 bits per heavy atom. The van der Waals surface area contributed by atoms with Crippen LogP contribution in [0.1, 0.15) is 6.92 Å². The van der Waals surface area contributed by atoms with E-state index in [0.717, 1.165) is 22.3 Å². The summed E-state index contributed by atoms with van der Waals surface area (Å²) in [5, 5.41) is 0.973. The van der Waals surface area contributed by atoms with Crippen LogP contribution in [-0.2, 0) is 4.74 Å². The van der Waals surface area contributed by atoms with Crippen molar-refractivity contribution >= 4 is 23.0 Å². The molecule has 0 saturated carbocycles. The average molecular weight is 263 g/mol. The first-order valence-corrected chi connectivity index (χ1v) is 6.65. The van der Waals surface area contributed by atoms with E-state index < -0.39 is 0 Å². The van der Waals surface area contributed by atoms with Crippen LogP contribution in [0, 0.1) is 0 Å². The zero-order valence-corrected chi connectivity index (χ0v) is 10.8. The standard InChI is InChI=1S/C12H13N3O2S/c1-2-17-12(16)14-7-4-9-10(8-14)18-11-13-5-3-6-15(9)11/h3-5,8H,2,6-7H2,1H3. The van der Waals surface area contributed by atoms with Crippen LogP contribution in [0.5, 0.6) is 0 Å². The maximum atomic E-state index is 11.7. The van der Waals surface area contributed by atoms with Gasteiger partial charge in [0, 0.05) is 25.5 Å². The minimum absolute atomic E-state index is 0.300. The molecular weight excluding hydrogens is 250 g/mol. The molecule has 0 aromatic carbocycles. The largest absolute Gasteiger partial charge is 0.449 e. The Kier molecular flexibility index (Phi) is 2.87. The summed E-state index contributed by atoms with van der Waals surface area (Å²) in [5.74, 6) is 0. The van der Waals surface area contributed by atoms with Crippen LogP contribution in [-0.4, -0.2) is 40.8 Å². The fourth-order valence-electron chi connectivity index (χ4n) is 2.00. The predicted molar refractivity (Wildman–Crippen MR) is 70.8 cm³/mol. The molecule has 0 bridgehead atoms. The normalized spacial score (nSPS) is 20.8. The van der Waals surface area contributed by atoms with Gasteiger partial charge in [0.1, 0.15) is 0 Å². The van der Waals surface area contributed by atoms with Gasteiger partial charge in [0.15, 0.2) is 5.17 Å². The molecule has 0 aliphatic carbocycles. The molecule has 5 nitrogen and oxygen atoms in total. The zero-order chi connectivity index (χ0) is 12.5. The lowest BCUT2D eigenvalue weighted by molar-refractivity contribution is 0.125. The Balaban J connectivity index is 1.82. The molecule has 0 N–H and O–H groups in total. The second kappa shape index (κ2) is 4.53. The number of amides is 1. The van der Waals surface area contributed by atoms with Crippen LogP contribution < -0.4 is 0 Å². The van der Waals surface area contributed by atoms with Gasteiger partial charge in [-0.25, -0.2) is 9.79 Å². The molecule has 1 saturated heterocycles. The van der Waals surface area contributed by atoms with E-state index in [0.29, 0.717) is 13.2 Å². The zero-order valence-electron chi connectivity index (χ0n) is 10.00. The molecule has 3 heterocycles. The molecule has 3 aliphatic rings. The lowest BCUT2D eigenvalue weighted by Gasteiger charge is -2.24. The Bertz CT molecular complexity index is 507. The van der Waals surface area contributed by atoms with E-state index in [1.165, 1.54) is 0 Å². The molecule has 0 atom stereocenters. The van der Waals surface area contributed by atoms with Crippen molar-refractivity contribution in [2.24, 2.45) is 4.99 Å². The number of carbonyl (C=O) groups excluding carboxylic acids is 1. The van der Waals surface area contributed by atoms with Crippen LogP contribution in [0.4, 0.5) is 4.79 Å². The Morgan fingerprint density at radius 3 is 3.28 bits per heavy atom. The van der Waals surface area contributed by atoms with Gasteiger partial charge < -0.3 is 9.64 Å². The number of amidine groups is 1. The van der Waals surface area contributed by atoms with Gasteiger partial charge in [-0.15, -0.1) is 0 Å². The molecule has 3 rings (SSSR count). The van der Waals surface area contributed by atoms with Gasteiger partial charge >= 0.3 is 6.09 Å². The molecule has 1 amide bonds. The molecule has 1 fully saturated rings. The summed E-state index contributed by atoms with van der Waals surface area (Å²) in [6.07, 6.45) is 7.43. The summed E-state index contributed by atoms with van der Waals surface area (Å²) >= 11 is 1.59. The van der Waals surface area contributed by atoms with E-state index in [4.69, 9.17) is 4.74 Å². The van der Waals surface area contributed by atoms with Crippen LogP contribution in [0.25, 0.3) is 0 Å². The Labute approximate surface area is 109 Å². The summed E-state index contributed by atoms with van der Waals surface area (Å²) in [5.41, 5.74) is 1.14. The summed E-state index contributed by atoms with van der Waals surface area (Å²) in [6.45, 7) is 3.59. The lowest BCUT2D eigenvalue weighted by atomic mass is 10.2. The van der Waals surface area contributed by atoms with Crippen molar-refractivity contribution in [1.82, 2.24) is 9.80 Å². The first kappa shape index (κ1) is 11.4. The molecule has 18 heavy (non-hydrogen) atoms. The monoisotopic (exact) mass is 263 g/mol. The molecule has 0 radical (unpaired) electrons. The molecule has 94 valence electrons. The Hall–Kier alpha value is -1.69.